The average molecular weight is 278 g/mol. The molecule has 0 aromatic heterocycles. The standard InChI is InChI=1S/C16H26N2O2/c1-19-12-13-6-5-9-18(10-13)11-15(17)14-7-3-4-8-16(14)20-2/h3-4,7-8,13,15H,5-6,9-12,17H2,1-2H3. The first-order chi connectivity index (χ1) is 9.74. The fourth-order valence-corrected chi connectivity index (χ4v) is 3.04. The van der Waals surface area contributed by atoms with Crippen LogP contribution in [0.25, 0.3) is 0 Å². The van der Waals surface area contributed by atoms with Crippen molar-refractivity contribution >= 4 is 0 Å². The van der Waals surface area contributed by atoms with Gasteiger partial charge in [-0.1, -0.05) is 18.2 Å². The number of piperidine rings is 1. The lowest BCUT2D eigenvalue weighted by Gasteiger charge is -2.34. The monoisotopic (exact) mass is 278 g/mol. The Morgan fingerprint density at radius 2 is 2.15 bits per heavy atom. The quantitative estimate of drug-likeness (QED) is 0.865. The molecule has 112 valence electrons. The number of para-hydroxylation sites is 1. The summed E-state index contributed by atoms with van der Waals surface area (Å²) in [6.07, 6.45) is 2.49. The number of ether oxygens (including phenoxy) is 2. The molecule has 0 aliphatic carbocycles. The summed E-state index contributed by atoms with van der Waals surface area (Å²) in [5, 5.41) is 0. The number of nitrogens with zero attached hydrogens (tertiary/aromatic N) is 1. The summed E-state index contributed by atoms with van der Waals surface area (Å²) in [5.74, 6) is 1.52. The Morgan fingerprint density at radius 1 is 1.35 bits per heavy atom. The zero-order valence-electron chi connectivity index (χ0n) is 12.5. The van der Waals surface area contributed by atoms with Gasteiger partial charge in [0, 0.05) is 31.8 Å². The predicted octanol–water partition coefficient (Wildman–Crippen LogP) is 2.05. The maximum Gasteiger partial charge on any atom is 0.123 e. The molecule has 2 unspecified atom stereocenters. The summed E-state index contributed by atoms with van der Waals surface area (Å²) in [6, 6.07) is 8.01. The molecule has 0 radical (unpaired) electrons. The fourth-order valence-electron chi connectivity index (χ4n) is 3.04. The van der Waals surface area contributed by atoms with Crippen molar-refractivity contribution in [2.45, 2.75) is 18.9 Å². The van der Waals surface area contributed by atoms with E-state index < -0.39 is 0 Å². The molecule has 2 atom stereocenters. The molecule has 0 spiro atoms. The van der Waals surface area contributed by atoms with E-state index in [2.05, 4.69) is 11.0 Å². The number of hydrogen-bond acceptors (Lipinski definition) is 4. The van der Waals surface area contributed by atoms with E-state index in [0.29, 0.717) is 5.92 Å². The smallest absolute Gasteiger partial charge is 0.123 e. The Bertz CT molecular complexity index is 409. The summed E-state index contributed by atoms with van der Waals surface area (Å²) < 4.78 is 10.7. The zero-order valence-corrected chi connectivity index (χ0v) is 12.5. The number of nitrogens with two attached hydrogens (primary N) is 1. The Kier molecular flexibility index (Phi) is 5.83. The number of hydrogen-bond donors (Lipinski definition) is 1. The summed E-state index contributed by atoms with van der Waals surface area (Å²) in [4.78, 5) is 2.45. The van der Waals surface area contributed by atoms with Crippen LogP contribution < -0.4 is 10.5 Å². The van der Waals surface area contributed by atoms with Crippen molar-refractivity contribution in [2.75, 3.05) is 40.5 Å². The maximum atomic E-state index is 6.37. The molecule has 0 saturated carbocycles. The lowest BCUT2D eigenvalue weighted by atomic mass is 9.97. The minimum Gasteiger partial charge on any atom is -0.496 e. The van der Waals surface area contributed by atoms with Crippen molar-refractivity contribution in [1.82, 2.24) is 4.90 Å². The van der Waals surface area contributed by atoms with Gasteiger partial charge in [0.2, 0.25) is 0 Å². The van der Waals surface area contributed by atoms with Gasteiger partial charge in [-0.2, -0.15) is 0 Å². The second-order valence-electron chi connectivity index (χ2n) is 5.57. The molecule has 2 N–H and O–H groups in total. The van der Waals surface area contributed by atoms with Crippen LogP contribution in [0.1, 0.15) is 24.4 Å². The van der Waals surface area contributed by atoms with E-state index in [0.717, 1.165) is 37.6 Å². The molecular weight excluding hydrogens is 252 g/mol. The first kappa shape index (κ1) is 15.3. The van der Waals surface area contributed by atoms with Gasteiger partial charge in [-0.05, 0) is 31.4 Å². The lowest BCUT2D eigenvalue weighted by molar-refractivity contribution is 0.0877. The van der Waals surface area contributed by atoms with Crippen molar-refractivity contribution in [3.8, 4) is 5.75 Å². The number of benzene rings is 1. The van der Waals surface area contributed by atoms with E-state index in [1.165, 1.54) is 12.8 Å². The largest absolute Gasteiger partial charge is 0.496 e. The molecule has 1 saturated heterocycles. The van der Waals surface area contributed by atoms with Gasteiger partial charge in [-0.15, -0.1) is 0 Å². The van der Waals surface area contributed by atoms with Gasteiger partial charge in [0.15, 0.2) is 0 Å². The van der Waals surface area contributed by atoms with E-state index >= 15 is 0 Å². The predicted molar refractivity (Wildman–Crippen MR) is 81.0 cm³/mol. The molecule has 20 heavy (non-hydrogen) atoms. The number of methoxy groups -OCH3 is 2. The van der Waals surface area contributed by atoms with Crippen LogP contribution in [0, 0.1) is 5.92 Å². The zero-order chi connectivity index (χ0) is 14.4. The van der Waals surface area contributed by atoms with Gasteiger partial charge < -0.3 is 20.1 Å². The van der Waals surface area contributed by atoms with Crippen LogP contribution in [0.3, 0.4) is 0 Å². The second-order valence-corrected chi connectivity index (χ2v) is 5.57. The topological polar surface area (TPSA) is 47.7 Å². The Balaban J connectivity index is 1.95. The molecule has 4 heteroatoms. The van der Waals surface area contributed by atoms with Crippen LogP contribution in [0.4, 0.5) is 0 Å². The lowest BCUT2D eigenvalue weighted by Crippen LogP contribution is -2.41. The van der Waals surface area contributed by atoms with Gasteiger partial charge in [-0.3, -0.25) is 0 Å². The molecule has 1 aliphatic heterocycles. The summed E-state index contributed by atoms with van der Waals surface area (Å²) in [6.45, 7) is 3.93. The summed E-state index contributed by atoms with van der Waals surface area (Å²) in [7, 11) is 3.47. The molecule has 0 bridgehead atoms. The molecule has 1 aromatic carbocycles. The summed E-state index contributed by atoms with van der Waals surface area (Å²) in [5.41, 5.74) is 7.46. The normalized spacial score (nSPS) is 21.6. The minimum atomic E-state index is -0.00700. The first-order valence-electron chi connectivity index (χ1n) is 7.34. The molecule has 2 rings (SSSR count). The van der Waals surface area contributed by atoms with Crippen molar-refractivity contribution in [1.29, 1.82) is 0 Å². The van der Waals surface area contributed by atoms with Crippen molar-refractivity contribution in [3.63, 3.8) is 0 Å². The Hall–Kier alpha value is -1.10. The Labute approximate surface area is 121 Å². The van der Waals surface area contributed by atoms with E-state index in [4.69, 9.17) is 15.2 Å². The van der Waals surface area contributed by atoms with Crippen LogP contribution in [0.15, 0.2) is 24.3 Å². The first-order valence-corrected chi connectivity index (χ1v) is 7.34. The molecule has 1 aromatic rings. The third-order valence-electron chi connectivity index (χ3n) is 4.00. The van der Waals surface area contributed by atoms with E-state index in [1.54, 1.807) is 14.2 Å². The molecule has 1 fully saturated rings. The third kappa shape index (κ3) is 3.95. The molecule has 4 nitrogen and oxygen atoms in total. The molecule has 0 amide bonds. The minimum absolute atomic E-state index is 0.00700. The highest BCUT2D eigenvalue weighted by Crippen LogP contribution is 2.25. The van der Waals surface area contributed by atoms with Crippen LogP contribution in [0.2, 0.25) is 0 Å². The van der Waals surface area contributed by atoms with Gasteiger partial charge >= 0.3 is 0 Å². The van der Waals surface area contributed by atoms with E-state index in [1.807, 2.05) is 18.2 Å². The fraction of sp³-hybridized carbons (Fsp3) is 0.625. The molecule has 1 aliphatic rings. The van der Waals surface area contributed by atoms with Crippen LogP contribution in [-0.2, 0) is 4.74 Å². The van der Waals surface area contributed by atoms with Crippen LogP contribution >= 0.6 is 0 Å². The highest BCUT2D eigenvalue weighted by molar-refractivity contribution is 5.35. The second kappa shape index (κ2) is 7.62. The highest BCUT2D eigenvalue weighted by atomic mass is 16.5. The van der Waals surface area contributed by atoms with Gasteiger partial charge in [0.25, 0.3) is 0 Å². The maximum absolute atomic E-state index is 6.37. The number of likely N-dealkylation sites (tertiary alicyclic amines) is 1. The number of rotatable bonds is 6. The summed E-state index contributed by atoms with van der Waals surface area (Å²) >= 11 is 0. The van der Waals surface area contributed by atoms with Gasteiger partial charge in [0.05, 0.1) is 13.7 Å². The molecule has 1 heterocycles. The van der Waals surface area contributed by atoms with E-state index in [-0.39, 0.29) is 6.04 Å². The third-order valence-corrected chi connectivity index (χ3v) is 4.00. The van der Waals surface area contributed by atoms with Gasteiger partial charge in [0.1, 0.15) is 5.75 Å². The van der Waals surface area contributed by atoms with E-state index in [9.17, 15) is 0 Å². The molecular formula is C16H26N2O2. The SMILES string of the molecule is COCC1CCCN(CC(N)c2ccccc2OC)C1. The van der Waals surface area contributed by atoms with Crippen molar-refractivity contribution < 1.29 is 9.47 Å². The van der Waals surface area contributed by atoms with Crippen molar-refractivity contribution in [2.24, 2.45) is 11.7 Å². The average Bonchev–Trinajstić information content (AvgIpc) is 2.48. The highest BCUT2D eigenvalue weighted by Gasteiger charge is 2.22. The van der Waals surface area contributed by atoms with Gasteiger partial charge in [-0.25, -0.2) is 0 Å². The van der Waals surface area contributed by atoms with Crippen LogP contribution in [0.5, 0.6) is 5.75 Å². The van der Waals surface area contributed by atoms with Crippen molar-refractivity contribution in [3.05, 3.63) is 29.8 Å². The van der Waals surface area contributed by atoms with Crippen LogP contribution in [-0.4, -0.2) is 45.4 Å². The Morgan fingerprint density at radius 3 is 2.90 bits per heavy atom.